The molecule has 0 saturated carbocycles. The molecule has 0 atom stereocenters. The van der Waals surface area contributed by atoms with Crippen molar-refractivity contribution in [1.29, 1.82) is 0 Å². The first-order chi connectivity index (χ1) is 9.36. The van der Waals surface area contributed by atoms with Crippen LogP contribution < -0.4 is 5.32 Å². The normalized spacial score (nSPS) is 11.4. The monoisotopic (exact) mass is 302 g/mol. The summed E-state index contributed by atoms with van der Waals surface area (Å²) in [6, 6.07) is 3.05. The lowest BCUT2D eigenvalue weighted by atomic mass is 10.1. The number of aryl methyl sites for hydroxylation is 1. The Labute approximate surface area is 118 Å². The van der Waals surface area contributed by atoms with E-state index in [0.717, 1.165) is 11.1 Å². The number of alkyl halides is 3. The molecule has 0 spiro atoms. The van der Waals surface area contributed by atoms with Crippen LogP contribution in [-0.4, -0.2) is 15.0 Å². The Morgan fingerprint density at radius 2 is 2.05 bits per heavy atom. The molecule has 2 heterocycles. The summed E-state index contributed by atoms with van der Waals surface area (Å²) >= 11 is 5.57. The van der Waals surface area contributed by atoms with Gasteiger partial charge in [0, 0.05) is 25.0 Å². The summed E-state index contributed by atoms with van der Waals surface area (Å²) < 4.78 is 37.7. The molecule has 0 amide bonds. The third kappa shape index (κ3) is 3.57. The van der Waals surface area contributed by atoms with E-state index < -0.39 is 12.0 Å². The molecule has 0 saturated heterocycles. The Morgan fingerprint density at radius 1 is 1.30 bits per heavy atom. The fraction of sp³-hybridized carbons (Fsp3) is 0.250. The van der Waals surface area contributed by atoms with E-state index in [2.05, 4.69) is 20.3 Å². The third-order valence-corrected chi connectivity index (χ3v) is 2.75. The lowest BCUT2D eigenvalue weighted by Gasteiger charge is -2.10. The van der Waals surface area contributed by atoms with Gasteiger partial charge in [-0.05, 0) is 24.1 Å². The van der Waals surface area contributed by atoms with Crippen molar-refractivity contribution < 1.29 is 13.2 Å². The highest BCUT2D eigenvalue weighted by atomic mass is 35.5. The van der Waals surface area contributed by atoms with E-state index in [-0.39, 0.29) is 11.0 Å². The lowest BCUT2D eigenvalue weighted by Crippen LogP contribution is -2.13. The summed E-state index contributed by atoms with van der Waals surface area (Å²) in [6.45, 7) is 2.18. The van der Waals surface area contributed by atoms with E-state index in [1.165, 1.54) is 6.07 Å². The number of rotatable bonds is 3. The predicted octanol–water partition coefficient (Wildman–Crippen LogP) is 3.46. The van der Waals surface area contributed by atoms with Gasteiger partial charge in [-0.2, -0.15) is 13.2 Å². The maximum absolute atomic E-state index is 12.6. The van der Waals surface area contributed by atoms with Gasteiger partial charge in [0.2, 0.25) is 5.82 Å². The van der Waals surface area contributed by atoms with Crippen LogP contribution in [0.5, 0.6) is 0 Å². The summed E-state index contributed by atoms with van der Waals surface area (Å²) in [4.78, 5) is 10.5. The Balaban J connectivity index is 2.18. The highest BCUT2D eigenvalue weighted by molar-refractivity contribution is 6.29. The Bertz CT molecular complexity index is 616. The SMILES string of the molecule is Cc1ccncc1CNc1cc(Cl)nc(C(F)(F)F)n1. The Morgan fingerprint density at radius 3 is 2.70 bits per heavy atom. The van der Waals surface area contributed by atoms with Crippen LogP contribution in [0.4, 0.5) is 19.0 Å². The summed E-state index contributed by atoms with van der Waals surface area (Å²) in [6.07, 6.45) is -1.36. The van der Waals surface area contributed by atoms with Gasteiger partial charge in [0.25, 0.3) is 0 Å². The van der Waals surface area contributed by atoms with Gasteiger partial charge in [-0.3, -0.25) is 4.98 Å². The fourth-order valence-corrected chi connectivity index (χ4v) is 1.69. The van der Waals surface area contributed by atoms with Crippen molar-refractivity contribution in [2.45, 2.75) is 19.6 Å². The first kappa shape index (κ1) is 14.5. The molecule has 20 heavy (non-hydrogen) atoms. The molecule has 4 nitrogen and oxygen atoms in total. The maximum atomic E-state index is 12.6. The minimum atomic E-state index is -4.63. The van der Waals surface area contributed by atoms with Crippen molar-refractivity contribution in [1.82, 2.24) is 15.0 Å². The van der Waals surface area contributed by atoms with Gasteiger partial charge < -0.3 is 5.32 Å². The van der Waals surface area contributed by atoms with E-state index >= 15 is 0 Å². The predicted molar refractivity (Wildman–Crippen MR) is 68.3 cm³/mol. The van der Waals surface area contributed by atoms with Crippen LogP contribution in [0, 0.1) is 6.92 Å². The van der Waals surface area contributed by atoms with Crippen molar-refractivity contribution in [2.24, 2.45) is 0 Å². The fourth-order valence-electron chi connectivity index (χ4n) is 1.50. The minimum absolute atomic E-state index is 0.0144. The van der Waals surface area contributed by atoms with Gasteiger partial charge in [-0.25, -0.2) is 9.97 Å². The zero-order valence-electron chi connectivity index (χ0n) is 10.4. The molecule has 106 valence electrons. The van der Waals surface area contributed by atoms with E-state index in [0.29, 0.717) is 6.54 Å². The zero-order valence-corrected chi connectivity index (χ0v) is 11.1. The highest BCUT2D eigenvalue weighted by Gasteiger charge is 2.35. The number of nitrogens with one attached hydrogen (secondary N) is 1. The standard InChI is InChI=1S/C12H10ClF3N4/c1-7-2-3-17-5-8(7)6-18-10-4-9(13)19-11(20-10)12(14,15)16/h2-5H,6H2,1H3,(H,18,19,20). The van der Waals surface area contributed by atoms with Crippen LogP contribution in [-0.2, 0) is 12.7 Å². The topological polar surface area (TPSA) is 50.7 Å². The van der Waals surface area contributed by atoms with Crippen LogP contribution in [0.3, 0.4) is 0 Å². The lowest BCUT2D eigenvalue weighted by molar-refractivity contribution is -0.144. The molecule has 8 heteroatoms. The van der Waals surface area contributed by atoms with Crippen molar-refractivity contribution in [3.8, 4) is 0 Å². The molecule has 0 unspecified atom stereocenters. The highest BCUT2D eigenvalue weighted by Crippen LogP contribution is 2.28. The molecule has 0 aliphatic rings. The number of hydrogen-bond donors (Lipinski definition) is 1. The van der Waals surface area contributed by atoms with Crippen LogP contribution in [0.2, 0.25) is 5.15 Å². The first-order valence-corrected chi connectivity index (χ1v) is 5.99. The molecule has 0 fully saturated rings. The van der Waals surface area contributed by atoms with Crippen LogP contribution in [0.25, 0.3) is 0 Å². The quantitative estimate of drug-likeness (QED) is 0.882. The van der Waals surface area contributed by atoms with Crippen molar-refractivity contribution >= 4 is 17.4 Å². The van der Waals surface area contributed by atoms with Gasteiger partial charge in [-0.1, -0.05) is 11.6 Å². The molecule has 1 N–H and O–H groups in total. The second-order valence-electron chi connectivity index (χ2n) is 4.05. The first-order valence-electron chi connectivity index (χ1n) is 5.61. The maximum Gasteiger partial charge on any atom is 0.451 e. The van der Waals surface area contributed by atoms with Gasteiger partial charge in [-0.15, -0.1) is 0 Å². The summed E-state index contributed by atoms with van der Waals surface area (Å²) in [5.41, 5.74) is 1.83. The number of aromatic nitrogens is 3. The second kappa shape index (κ2) is 5.62. The van der Waals surface area contributed by atoms with Gasteiger partial charge in [0.1, 0.15) is 11.0 Å². The minimum Gasteiger partial charge on any atom is -0.366 e. The van der Waals surface area contributed by atoms with Crippen molar-refractivity contribution in [3.63, 3.8) is 0 Å². The Hall–Kier alpha value is -1.89. The molecule has 0 aliphatic carbocycles. The summed E-state index contributed by atoms with van der Waals surface area (Å²) in [5.74, 6) is -1.25. The van der Waals surface area contributed by atoms with Crippen LogP contribution in [0.15, 0.2) is 24.5 Å². The number of nitrogens with zero attached hydrogens (tertiary/aromatic N) is 3. The average Bonchev–Trinajstić information content (AvgIpc) is 2.36. The van der Waals surface area contributed by atoms with E-state index in [9.17, 15) is 13.2 Å². The van der Waals surface area contributed by atoms with Crippen molar-refractivity contribution in [3.05, 3.63) is 46.6 Å². The van der Waals surface area contributed by atoms with Crippen molar-refractivity contribution in [2.75, 3.05) is 5.32 Å². The van der Waals surface area contributed by atoms with Gasteiger partial charge in [0.15, 0.2) is 0 Å². The summed E-state index contributed by atoms with van der Waals surface area (Å²) in [5, 5.41) is 2.51. The van der Waals surface area contributed by atoms with E-state index in [1.54, 1.807) is 12.4 Å². The Kier molecular flexibility index (Phi) is 4.08. The molecule has 0 aromatic carbocycles. The number of anilines is 1. The van der Waals surface area contributed by atoms with Crippen LogP contribution in [0.1, 0.15) is 17.0 Å². The van der Waals surface area contributed by atoms with E-state index in [1.807, 2.05) is 13.0 Å². The molecule has 0 radical (unpaired) electrons. The largest absolute Gasteiger partial charge is 0.451 e. The number of pyridine rings is 1. The molecule has 0 bridgehead atoms. The second-order valence-corrected chi connectivity index (χ2v) is 4.44. The molecular weight excluding hydrogens is 293 g/mol. The molecule has 2 rings (SSSR count). The average molecular weight is 303 g/mol. The third-order valence-electron chi connectivity index (χ3n) is 2.56. The molecule has 2 aromatic rings. The number of halogens is 4. The number of hydrogen-bond acceptors (Lipinski definition) is 4. The van der Waals surface area contributed by atoms with Gasteiger partial charge in [0.05, 0.1) is 0 Å². The zero-order chi connectivity index (χ0) is 14.8. The molecule has 2 aromatic heterocycles. The molecule has 0 aliphatic heterocycles. The molecular formula is C12H10ClF3N4. The van der Waals surface area contributed by atoms with Crippen LogP contribution >= 0.6 is 11.6 Å². The summed E-state index contributed by atoms with van der Waals surface area (Å²) in [7, 11) is 0. The van der Waals surface area contributed by atoms with Gasteiger partial charge >= 0.3 is 6.18 Å². The smallest absolute Gasteiger partial charge is 0.366 e. The van der Waals surface area contributed by atoms with E-state index in [4.69, 9.17) is 11.6 Å².